The Labute approximate surface area is 375 Å². The molecule has 3 aromatic carbocycles. The van der Waals surface area contributed by atoms with E-state index in [0.717, 1.165) is 31.6 Å². The molecule has 4 aromatic rings. The number of piperazine rings is 1. The number of rotatable bonds is 9. The van der Waals surface area contributed by atoms with Crippen molar-refractivity contribution in [3.05, 3.63) is 117 Å². The number of allylic oxidation sites excluding steroid dienone is 4. The smallest absolute Gasteiger partial charge is 0.435 e. The molecule has 64 heavy (non-hydrogen) atoms. The summed E-state index contributed by atoms with van der Waals surface area (Å²) in [4.78, 5) is 44.6. The molecular formula is C48H52ClF3N8O4. The van der Waals surface area contributed by atoms with Crippen LogP contribution in [0.25, 0.3) is 10.8 Å². The van der Waals surface area contributed by atoms with Crippen molar-refractivity contribution in [3.63, 3.8) is 0 Å². The summed E-state index contributed by atoms with van der Waals surface area (Å²) in [7, 11) is 0. The number of piperidine rings is 2. The van der Waals surface area contributed by atoms with Crippen molar-refractivity contribution >= 4 is 45.6 Å². The molecule has 8 rings (SSSR count). The maximum Gasteiger partial charge on any atom is 0.435 e. The van der Waals surface area contributed by atoms with Crippen LogP contribution in [-0.2, 0) is 11.0 Å². The number of nitrogens with one attached hydrogen (secondary N) is 3. The Hall–Kier alpha value is -5.85. The Morgan fingerprint density at radius 2 is 1.59 bits per heavy atom. The number of anilines is 2. The highest BCUT2D eigenvalue weighted by Crippen LogP contribution is 2.55. The monoisotopic (exact) mass is 896 g/mol. The minimum absolute atomic E-state index is 0.127. The predicted molar refractivity (Wildman–Crippen MR) is 241 cm³/mol. The number of alkyl halides is 3. The van der Waals surface area contributed by atoms with Gasteiger partial charge in [0.25, 0.3) is 11.5 Å². The van der Waals surface area contributed by atoms with Gasteiger partial charge in [0.1, 0.15) is 24.0 Å². The van der Waals surface area contributed by atoms with Gasteiger partial charge in [-0.15, -0.1) is 0 Å². The lowest BCUT2D eigenvalue weighted by Crippen LogP contribution is -2.74. The normalized spacial score (nSPS) is 23.1. The zero-order valence-electron chi connectivity index (χ0n) is 36.3. The van der Waals surface area contributed by atoms with E-state index >= 15 is 0 Å². The molecule has 336 valence electrons. The van der Waals surface area contributed by atoms with Crippen LogP contribution in [0.15, 0.2) is 89.4 Å². The van der Waals surface area contributed by atoms with Gasteiger partial charge in [-0.05, 0) is 92.3 Å². The summed E-state index contributed by atoms with van der Waals surface area (Å²) in [6.45, 7) is 12.6. The van der Waals surface area contributed by atoms with E-state index < -0.39 is 29.4 Å². The molecule has 1 aliphatic carbocycles. The highest BCUT2D eigenvalue weighted by Gasteiger charge is 2.64. The maximum absolute atomic E-state index is 14.4. The van der Waals surface area contributed by atoms with E-state index in [1.165, 1.54) is 12.1 Å². The fourth-order valence-corrected chi connectivity index (χ4v) is 10.4. The molecule has 1 unspecified atom stereocenters. The van der Waals surface area contributed by atoms with Gasteiger partial charge in [0.05, 0.1) is 16.0 Å². The summed E-state index contributed by atoms with van der Waals surface area (Å²) in [5.41, 5.74) is 0.498. The Morgan fingerprint density at radius 3 is 2.23 bits per heavy atom. The molecule has 3 saturated heterocycles. The number of amides is 2. The third-order valence-electron chi connectivity index (χ3n) is 13.4. The highest BCUT2D eigenvalue weighted by atomic mass is 35.5. The summed E-state index contributed by atoms with van der Waals surface area (Å²) in [5, 5.41) is 22.2. The molecule has 4 aliphatic rings. The summed E-state index contributed by atoms with van der Waals surface area (Å²) >= 11 is 6.24. The molecule has 4 heterocycles. The highest BCUT2D eigenvalue weighted by molar-refractivity contribution is 6.31. The van der Waals surface area contributed by atoms with Crippen molar-refractivity contribution in [3.8, 4) is 11.8 Å². The number of nitriles is 1. The first kappa shape index (κ1) is 44.7. The van der Waals surface area contributed by atoms with Crippen molar-refractivity contribution in [2.45, 2.75) is 77.7 Å². The van der Waals surface area contributed by atoms with Gasteiger partial charge in [0, 0.05) is 90.2 Å². The average Bonchev–Trinajstić information content (AvgIpc) is 3.27. The van der Waals surface area contributed by atoms with Gasteiger partial charge in [-0.1, -0.05) is 51.4 Å². The van der Waals surface area contributed by atoms with Crippen LogP contribution in [0, 0.1) is 28.1 Å². The van der Waals surface area contributed by atoms with E-state index in [0.29, 0.717) is 76.5 Å². The molecule has 0 bridgehead atoms. The zero-order valence-corrected chi connectivity index (χ0v) is 37.0. The topological polar surface area (TPSA) is 145 Å². The molecule has 1 atom stereocenters. The lowest BCUT2D eigenvalue weighted by atomic mass is 9.49. The van der Waals surface area contributed by atoms with E-state index in [2.05, 4.69) is 65.8 Å². The maximum atomic E-state index is 14.4. The molecule has 2 amide bonds. The number of carbonyl (C=O) groups is 2. The quantitative estimate of drug-likeness (QED) is 0.154. The number of aromatic nitrogens is 2. The first-order chi connectivity index (χ1) is 30.4. The SMILES string of the molecule is CC1(C)[C@H](NC(=O)c2ccc(N3CCC(/C=C/C=C4/CCC(n5nc(C(F)(F)F)c6cc(N7CCNCC7)ccc6c5=O)C(=O)N4)CC3)cc2)C(C)(C)[C@H]1Oc1ccc(C#N)c(Cl)c1. The van der Waals surface area contributed by atoms with E-state index in [1.54, 1.807) is 24.3 Å². The molecule has 4 fully saturated rings. The van der Waals surface area contributed by atoms with E-state index in [9.17, 15) is 32.8 Å². The number of fused-ring (bicyclic) bond motifs is 1. The minimum Gasteiger partial charge on any atom is -0.489 e. The zero-order chi connectivity index (χ0) is 45.6. The number of nitrogens with zero attached hydrogens (tertiary/aromatic N) is 5. The Bertz CT molecular complexity index is 2590. The fraction of sp³-hybridized carbons (Fsp3) is 0.438. The second-order valence-corrected chi connectivity index (χ2v) is 18.8. The van der Waals surface area contributed by atoms with Gasteiger partial charge in [-0.3, -0.25) is 14.4 Å². The number of hydrogen-bond donors (Lipinski definition) is 3. The third-order valence-corrected chi connectivity index (χ3v) is 13.7. The van der Waals surface area contributed by atoms with Crippen LogP contribution in [0.5, 0.6) is 5.75 Å². The van der Waals surface area contributed by atoms with Crippen LogP contribution >= 0.6 is 11.6 Å². The molecule has 1 aromatic heterocycles. The van der Waals surface area contributed by atoms with Gasteiger partial charge in [-0.25, -0.2) is 4.68 Å². The van der Waals surface area contributed by atoms with Crippen molar-refractivity contribution in [1.82, 2.24) is 25.7 Å². The van der Waals surface area contributed by atoms with Crippen LogP contribution in [-0.4, -0.2) is 73.0 Å². The summed E-state index contributed by atoms with van der Waals surface area (Å²) in [6.07, 6.45) is 3.05. The van der Waals surface area contributed by atoms with Crippen molar-refractivity contribution in [2.75, 3.05) is 49.1 Å². The Balaban J connectivity index is 0.833. The average molecular weight is 897 g/mol. The molecule has 16 heteroatoms. The Morgan fingerprint density at radius 1 is 0.922 bits per heavy atom. The van der Waals surface area contributed by atoms with Crippen molar-refractivity contribution in [1.29, 1.82) is 5.26 Å². The second kappa shape index (κ2) is 17.6. The Kier molecular flexibility index (Phi) is 12.3. The number of hydrogen-bond acceptors (Lipinski definition) is 9. The molecule has 1 saturated carbocycles. The van der Waals surface area contributed by atoms with Crippen LogP contribution in [0.1, 0.15) is 81.0 Å². The van der Waals surface area contributed by atoms with E-state index in [1.807, 2.05) is 41.3 Å². The summed E-state index contributed by atoms with van der Waals surface area (Å²) in [6, 6.07) is 17.8. The number of benzene rings is 3. The third kappa shape index (κ3) is 8.82. The first-order valence-electron chi connectivity index (χ1n) is 21.8. The first-order valence-corrected chi connectivity index (χ1v) is 22.1. The summed E-state index contributed by atoms with van der Waals surface area (Å²) < 4.78 is 50.2. The molecule has 3 N–H and O–H groups in total. The van der Waals surface area contributed by atoms with Crippen LogP contribution in [0.4, 0.5) is 24.5 Å². The van der Waals surface area contributed by atoms with Gasteiger partial charge >= 0.3 is 6.18 Å². The lowest BCUT2D eigenvalue weighted by molar-refractivity contribution is -0.164. The fourth-order valence-electron chi connectivity index (χ4n) is 10.2. The summed E-state index contributed by atoms with van der Waals surface area (Å²) in [5.74, 6) is 0.137. The van der Waals surface area contributed by atoms with Crippen molar-refractivity contribution < 1.29 is 27.5 Å². The predicted octanol–water partition coefficient (Wildman–Crippen LogP) is 7.77. The standard InChI is InChI=1S/C48H52ClF3N8O4/c1-46(2)44(47(3,4)45(46)64-35-15-10-31(28-53)38(49)27-35)56-41(61)30-8-12-33(13-9-30)58-22-18-29(19-23-58)6-5-7-32-11-17-39(42(62)55-32)60-43(63)36-16-14-34(59-24-20-54-21-25-59)26-37(36)40(57-60)48(50,51)52/h5-10,12-16,26-27,29,39,44-45,54H,11,17-25H2,1-4H3,(H,55,62)(H,56,61)/b6-5+,32-7-/t39?,44-,45-. The van der Waals surface area contributed by atoms with Crippen LogP contribution < -0.4 is 36.0 Å². The minimum atomic E-state index is -4.84. The molecule has 0 spiro atoms. The van der Waals surface area contributed by atoms with Crippen LogP contribution in [0.3, 0.4) is 0 Å². The van der Waals surface area contributed by atoms with Crippen molar-refractivity contribution in [2.24, 2.45) is 16.7 Å². The van der Waals surface area contributed by atoms with Gasteiger partial charge in [-0.2, -0.15) is 23.5 Å². The van der Waals surface area contributed by atoms with E-state index in [-0.39, 0.29) is 46.1 Å². The number of carbonyl (C=O) groups excluding carboxylic acids is 2. The van der Waals surface area contributed by atoms with Gasteiger partial charge in [0.2, 0.25) is 5.91 Å². The van der Waals surface area contributed by atoms with Gasteiger partial charge < -0.3 is 30.5 Å². The molecule has 0 radical (unpaired) electrons. The largest absolute Gasteiger partial charge is 0.489 e. The molecule has 12 nitrogen and oxygen atoms in total. The van der Waals surface area contributed by atoms with E-state index in [4.69, 9.17) is 16.3 Å². The molecular weight excluding hydrogens is 845 g/mol. The molecule has 3 aliphatic heterocycles. The lowest BCUT2D eigenvalue weighted by Gasteiger charge is -2.63. The van der Waals surface area contributed by atoms with Gasteiger partial charge in [0.15, 0.2) is 5.69 Å². The number of halogens is 4. The second-order valence-electron chi connectivity index (χ2n) is 18.4. The van der Waals surface area contributed by atoms with Crippen LogP contribution in [0.2, 0.25) is 5.02 Å². The number of ether oxygens (including phenoxy) is 1.